The molecule has 0 bridgehead atoms. The molecule has 0 amide bonds. The van der Waals surface area contributed by atoms with E-state index in [1.807, 2.05) is 33.8 Å². The van der Waals surface area contributed by atoms with Gasteiger partial charge in [-0.15, -0.1) is 0 Å². The molecule has 2 N–H and O–H groups in total. The maximum Gasteiger partial charge on any atom is 0.416 e. The first-order valence-corrected chi connectivity index (χ1v) is 12.0. The Hall–Kier alpha value is -2.45. The highest BCUT2D eigenvalue weighted by atomic mass is 19.4. The molecule has 1 aliphatic rings. The van der Waals surface area contributed by atoms with Gasteiger partial charge >= 0.3 is 6.18 Å². The van der Waals surface area contributed by atoms with Crippen LogP contribution in [-0.4, -0.2) is 41.6 Å². The van der Waals surface area contributed by atoms with Crippen molar-refractivity contribution >= 4 is 5.71 Å². The van der Waals surface area contributed by atoms with Gasteiger partial charge in [-0.05, 0) is 50.1 Å². The molecular formula is C26H38F3N3O2. The van der Waals surface area contributed by atoms with E-state index in [4.69, 9.17) is 4.74 Å². The molecule has 0 saturated carbocycles. The van der Waals surface area contributed by atoms with Crippen LogP contribution in [0.15, 0.2) is 41.7 Å². The molecule has 34 heavy (non-hydrogen) atoms. The number of rotatable bonds is 6. The molecule has 0 aliphatic carbocycles. The van der Waals surface area contributed by atoms with E-state index in [1.54, 1.807) is 12.4 Å². The number of nitrogens with one attached hydrogen (secondary N) is 1. The number of halogens is 3. The molecule has 3 rings (SSSR count). The Morgan fingerprint density at radius 1 is 1.15 bits per heavy atom. The van der Waals surface area contributed by atoms with Gasteiger partial charge in [0.1, 0.15) is 5.75 Å². The zero-order chi connectivity index (χ0) is 25.7. The first kappa shape index (κ1) is 29.6. The third kappa shape index (κ3) is 8.40. The lowest BCUT2D eigenvalue weighted by Gasteiger charge is -2.24. The number of hydrogen-bond acceptors (Lipinski definition) is 5. The second-order valence-electron chi connectivity index (χ2n) is 7.70. The fourth-order valence-corrected chi connectivity index (χ4v) is 3.45. The summed E-state index contributed by atoms with van der Waals surface area (Å²) in [6, 6.07) is 4.93. The van der Waals surface area contributed by atoms with Gasteiger partial charge in [-0.3, -0.25) is 9.98 Å². The van der Waals surface area contributed by atoms with E-state index >= 15 is 0 Å². The maximum absolute atomic E-state index is 12.9. The van der Waals surface area contributed by atoms with E-state index in [1.165, 1.54) is 12.5 Å². The van der Waals surface area contributed by atoms with E-state index in [2.05, 4.69) is 29.1 Å². The zero-order valence-corrected chi connectivity index (χ0v) is 21.0. The molecule has 5 nitrogen and oxygen atoms in total. The molecule has 1 aromatic heterocycles. The standard InChI is InChI=1S/C21H24F3N3O2.C3H8.C2H6/c1-3-29-12-13(2)27-18-7-9-26-20(17-11-25-8-6-15(17)18)16-5-4-14(10-19(16)28)21(22,23)24;1-3-2;1-2/h4-6,8,10-11,13,18,27-28H,3,7,9,12H2,1-2H3;3H2,1-2H3;1-2H3. The summed E-state index contributed by atoms with van der Waals surface area (Å²) in [4.78, 5) is 8.74. The number of aromatic hydroxyl groups is 1. The lowest BCUT2D eigenvalue weighted by Crippen LogP contribution is -2.34. The maximum atomic E-state index is 12.9. The molecule has 1 aromatic carbocycles. The highest BCUT2D eigenvalue weighted by Gasteiger charge is 2.32. The summed E-state index contributed by atoms with van der Waals surface area (Å²) in [5.41, 5.74) is 1.44. The number of benzene rings is 1. The topological polar surface area (TPSA) is 66.7 Å². The van der Waals surface area contributed by atoms with Gasteiger partial charge in [-0.1, -0.05) is 34.1 Å². The molecule has 0 fully saturated rings. The monoisotopic (exact) mass is 481 g/mol. The van der Waals surface area contributed by atoms with Crippen molar-refractivity contribution in [1.82, 2.24) is 10.3 Å². The minimum atomic E-state index is -4.52. The minimum Gasteiger partial charge on any atom is -0.507 e. The third-order valence-corrected chi connectivity index (χ3v) is 4.81. The largest absolute Gasteiger partial charge is 0.507 e. The second-order valence-corrected chi connectivity index (χ2v) is 7.70. The molecule has 1 aliphatic heterocycles. The summed E-state index contributed by atoms with van der Waals surface area (Å²) >= 11 is 0. The van der Waals surface area contributed by atoms with Crippen molar-refractivity contribution < 1.29 is 23.0 Å². The summed E-state index contributed by atoms with van der Waals surface area (Å²) in [6.45, 7) is 13.9. The molecule has 2 aromatic rings. The van der Waals surface area contributed by atoms with Crippen molar-refractivity contribution in [3.8, 4) is 5.75 Å². The van der Waals surface area contributed by atoms with E-state index in [0.29, 0.717) is 37.5 Å². The predicted molar refractivity (Wildman–Crippen MR) is 132 cm³/mol. The van der Waals surface area contributed by atoms with Crippen LogP contribution in [0.5, 0.6) is 5.75 Å². The number of aliphatic imine (C=N–C) groups is 1. The Morgan fingerprint density at radius 2 is 1.82 bits per heavy atom. The predicted octanol–water partition coefficient (Wildman–Crippen LogP) is 6.55. The Labute approximate surface area is 201 Å². The number of nitrogens with zero attached hydrogens (tertiary/aromatic N) is 2. The van der Waals surface area contributed by atoms with Gasteiger partial charge in [0.2, 0.25) is 0 Å². The van der Waals surface area contributed by atoms with E-state index in [0.717, 1.165) is 17.7 Å². The van der Waals surface area contributed by atoms with Crippen molar-refractivity contribution in [3.63, 3.8) is 0 Å². The highest BCUT2D eigenvalue weighted by Crippen LogP contribution is 2.35. The Kier molecular flexibility index (Phi) is 12.8. The van der Waals surface area contributed by atoms with Crippen LogP contribution in [0.3, 0.4) is 0 Å². The number of alkyl halides is 3. The van der Waals surface area contributed by atoms with Gasteiger partial charge < -0.3 is 15.2 Å². The van der Waals surface area contributed by atoms with Gasteiger partial charge in [0, 0.05) is 48.8 Å². The second kappa shape index (κ2) is 14.7. The van der Waals surface area contributed by atoms with Crippen molar-refractivity contribution in [2.45, 2.75) is 72.6 Å². The lowest BCUT2D eigenvalue weighted by atomic mass is 9.94. The van der Waals surface area contributed by atoms with E-state index in [-0.39, 0.29) is 17.6 Å². The van der Waals surface area contributed by atoms with Gasteiger partial charge in [0.15, 0.2) is 0 Å². The smallest absolute Gasteiger partial charge is 0.416 e. The highest BCUT2D eigenvalue weighted by molar-refractivity contribution is 6.15. The molecule has 0 spiro atoms. The first-order valence-electron chi connectivity index (χ1n) is 12.0. The summed E-state index contributed by atoms with van der Waals surface area (Å²) in [6.07, 6.45) is 0.750. The van der Waals surface area contributed by atoms with Crippen molar-refractivity contribution in [1.29, 1.82) is 0 Å². The van der Waals surface area contributed by atoms with Crippen LogP contribution < -0.4 is 5.32 Å². The Bertz CT molecular complexity index is 901. The van der Waals surface area contributed by atoms with Crippen molar-refractivity contribution in [2.24, 2.45) is 4.99 Å². The third-order valence-electron chi connectivity index (χ3n) is 4.81. The Morgan fingerprint density at radius 3 is 2.41 bits per heavy atom. The molecule has 190 valence electrons. The number of fused-ring (bicyclic) bond motifs is 1. The van der Waals surface area contributed by atoms with Crippen LogP contribution in [0.2, 0.25) is 0 Å². The number of phenols is 1. The van der Waals surface area contributed by atoms with Gasteiger partial charge in [-0.25, -0.2) is 0 Å². The summed E-state index contributed by atoms with van der Waals surface area (Å²) in [5, 5.41) is 13.8. The van der Waals surface area contributed by atoms with Gasteiger partial charge in [0.05, 0.1) is 17.9 Å². The summed E-state index contributed by atoms with van der Waals surface area (Å²) in [7, 11) is 0. The zero-order valence-electron chi connectivity index (χ0n) is 21.0. The molecule has 0 saturated heterocycles. The molecule has 2 heterocycles. The molecule has 0 radical (unpaired) electrons. The fourth-order valence-electron chi connectivity index (χ4n) is 3.45. The number of pyridine rings is 1. The number of aromatic nitrogens is 1. The summed E-state index contributed by atoms with van der Waals surface area (Å²) < 4.78 is 44.3. The number of hydrogen-bond donors (Lipinski definition) is 2. The average molecular weight is 482 g/mol. The normalized spacial score (nSPS) is 16.0. The SMILES string of the molecule is CC.CCC.CCOCC(C)NC1CCN=C(c2ccc(C(F)(F)F)cc2O)c2cnccc21. The first-order chi connectivity index (χ1) is 16.2. The van der Waals surface area contributed by atoms with Crippen LogP contribution >= 0.6 is 0 Å². The van der Waals surface area contributed by atoms with Crippen molar-refractivity contribution in [3.05, 3.63) is 58.9 Å². The minimum absolute atomic E-state index is 0.0127. The molecule has 2 atom stereocenters. The van der Waals surface area contributed by atoms with E-state index < -0.39 is 17.5 Å². The number of phenolic OH excluding ortho intramolecular Hbond substituents is 1. The van der Waals surface area contributed by atoms with Crippen LogP contribution in [0.4, 0.5) is 13.2 Å². The lowest BCUT2D eigenvalue weighted by molar-refractivity contribution is -0.137. The van der Waals surface area contributed by atoms with Gasteiger partial charge in [0.25, 0.3) is 0 Å². The number of ether oxygens (including phenoxy) is 1. The molecule has 2 unspecified atom stereocenters. The molecular weight excluding hydrogens is 443 g/mol. The van der Waals surface area contributed by atoms with Crippen LogP contribution in [0, 0.1) is 0 Å². The molecule has 8 heteroatoms. The fraction of sp³-hybridized carbons (Fsp3) is 0.538. The van der Waals surface area contributed by atoms with Crippen LogP contribution in [0.25, 0.3) is 0 Å². The van der Waals surface area contributed by atoms with E-state index in [9.17, 15) is 18.3 Å². The van der Waals surface area contributed by atoms with Crippen LogP contribution in [0.1, 0.15) is 82.7 Å². The van der Waals surface area contributed by atoms with Gasteiger partial charge in [-0.2, -0.15) is 13.2 Å². The average Bonchev–Trinajstić information content (AvgIpc) is 2.98. The quantitative estimate of drug-likeness (QED) is 0.491. The Balaban J connectivity index is 0.00000107. The van der Waals surface area contributed by atoms with Crippen LogP contribution in [-0.2, 0) is 10.9 Å². The summed E-state index contributed by atoms with van der Waals surface area (Å²) in [5.74, 6) is -0.454. The van der Waals surface area contributed by atoms with Crippen molar-refractivity contribution in [2.75, 3.05) is 19.8 Å².